The van der Waals surface area contributed by atoms with Gasteiger partial charge >= 0.3 is 0 Å². The lowest BCUT2D eigenvalue weighted by Gasteiger charge is -2.28. The highest BCUT2D eigenvalue weighted by Crippen LogP contribution is 2.45. The van der Waals surface area contributed by atoms with Crippen LogP contribution < -0.4 is 0 Å². The van der Waals surface area contributed by atoms with Crippen molar-refractivity contribution in [3.05, 3.63) is 0 Å². The summed E-state index contributed by atoms with van der Waals surface area (Å²) >= 11 is 0. The Bertz CT molecular complexity index is 124. The third kappa shape index (κ3) is 1.77. The van der Waals surface area contributed by atoms with Crippen molar-refractivity contribution in [1.29, 1.82) is 0 Å². The SMILES string of the molecule is CC[C@H]1CCCC(C2CC2)C1. The Morgan fingerprint density at radius 3 is 2.45 bits per heavy atom. The summed E-state index contributed by atoms with van der Waals surface area (Å²) in [6.45, 7) is 2.36. The molecule has 0 heterocycles. The van der Waals surface area contributed by atoms with Crippen LogP contribution in [0.15, 0.2) is 0 Å². The van der Waals surface area contributed by atoms with Gasteiger partial charge in [-0.1, -0.05) is 32.6 Å². The highest BCUT2D eigenvalue weighted by molar-refractivity contribution is 4.85. The van der Waals surface area contributed by atoms with Gasteiger partial charge in [-0.05, 0) is 37.0 Å². The zero-order chi connectivity index (χ0) is 7.68. The van der Waals surface area contributed by atoms with Crippen molar-refractivity contribution in [2.75, 3.05) is 0 Å². The fraction of sp³-hybridized carbons (Fsp3) is 1.00. The van der Waals surface area contributed by atoms with E-state index < -0.39 is 0 Å². The van der Waals surface area contributed by atoms with Gasteiger partial charge in [0.2, 0.25) is 0 Å². The molecule has 0 N–H and O–H groups in total. The van der Waals surface area contributed by atoms with Crippen LogP contribution in [0, 0.1) is 17.8 Å². The molecule has 2 atom stereocenters. The van der Waals surface area contributed by atoms with E-state index in [-0.39, 0.29) is 0 Å². The summed E-state index contributed by atoms with van der Waals surface area (Å²) in [6.07, 6.45) is 10.7. The highest BCUT2D eigenvalue weighted by atomic mass is 14.4. The summed E-state index contributed by atoms with van der Waals surface area (Å²) in [5.74, 6) is 3.41. The third-order valence-corrected chi connectivity index (χ3v) is 3.69. The van der Waals surface area contributed by atoms with Crippen molar-refractivity contribution in [3.8, 4) is 0 Å². The molecule has 0 aromatic rings. The van der Waals surface area contributed by atoms with Crippen LogP contribution in [0.3, 0.4) is 0 Å². The van der Waals surface area contributed by atoms with Crippen LogP contribution in [0.5, 0.6) is 0 Å². The average molecular weight is 152 g/mol. The number of rotatable bonds is 2. The van der Waals surface area contributed by atoms with E-state index in [0.29, 0.717) is 0 Å². The smallest absolute Gasteiger partial charge is 0.0383 e. The number of hydrogen-bond acceptors (Lipinski definition) is 0. The maximum absolute atomic E-state index is 2.36. The lowest BCUT2D eigenvalue weighted by Crippen LogP contribution is -2.16. The lowest BCUT2D eigenvalue weighted by atomic mass is 9.78. The Morgan fingerprint density at radius 2 is 1.82 bits per heavy atom. The fourth-order valence-electron chi connectivity index (χ4n) is 2.70. The minimum Gasteiger partial charge on any atom is -0.0651 e. The van der Waals surface area contributed by atoms with Gasteiger partial charge in [-0.3, -0.25) is 0 Å². The topological polar surface area (TPSA) is 0 Å². The Kier molecular flexibility index (Phi) is 2.20. The molecule has 64 valence electrons. The Hall–Kier alpha value is 0. The summed E-state index contributed by atoms with van der Waals surface area (Å²) in [6, 6.07) is 0. The molecule has 0 amide bonds. The van der Waals surface area contributed by atoms with Crippen molar-refractivity contribution in [1.82, 2.24) is 0 Å². The van der Waals surface area contributed by atoms with Gasteiger partial charge in [0, 0.05) is 0 Å². The predicted octanol–water partition coefficient (Wildman–Crippen LogP) is 3.61. The molecule has 0 aromatic heterocycles. The van der Waals surface area contributed by atoms with Crippen LogP contribution >= 0.6 is 0 Å². The van der Waals surface area contributed by atoms with E-state index in [0.717, 1.165) is 11.8 Å². The molecule has 1 unspecified atom stereocenters. The molecule has 2 aliphatic rings. The molecular formula is C11H20. The molecule has 0 aliphatic heterocycles. The highest BCUT2D eigenvalue weighted by Gasteiger charge is 2.33. The van der Waals surface area contributed by atoms with Gasteiger partial charge in [0.15, 0.2) is 0 Å². The molecule has 2 aliphatic carbocycles. The predicted molar refractivity (Wildman–Crippen MR) is 48.5 cm³/mol. The van der Waals surface area contributed by atoms with Crippen molar-refractivity contribution in [2.24, 2.45) is 17.8 Å². The molecular weight excluding hydrogens is 132 g/mol. The first-order valence-electron chi connectivity index (χ1n) is 5.40. The van der Waals surface area contributed by atoms with E-state index >= 15 is 0 Å². The van der Waals surface area contributed by atoms with E-state index in [1.165, 1.54) is 25.2 Å². The van der Waals surface area contributed by atoms with Crippen molar-refractivity contribution >= 4 is 0 Å². The van der Waals surface area contributed by atoms with Crippen molar-refractivity contribution in [3.63, 3.8) is 0 Å². The number of hydrogen-bond donors (Lipinski definition) is 0. The van der Waals surface area contributed by atoms with Crippen LogP contribution in [0.4, 0.5) is 0 Å². The molecule has 0 spiro atoms. The van der Waals surface area contributed by atoms with Crippen molar-refractivity contribution < 1.29 is 0 Å². The van der Waals surface area contributed by atoms with Gasteiger partial charge in [-0.15, -0.1) is 0 Å². The molecule has 0 saturated heterocycles. The quantitative estimate of drug-likeness (QED) is 0.567. The summed E-state index contributed by atoms with van der Waals surface area (Å²) < 4.78 is 0. The zero-order valence-electron chi connectivity index (χ0n) is 7.68. The molecule has 2 fully saturated rings. The summed E-state index contributed by atoms with van der Waals surface area (Å²) in [4.78, 5) is 0. The molecule has 0 heteroatoms. The molecule has 11 heavy (non-hydrogen) atoms. The van der Waals surface area contributed by atoms with Gasteiger partial charge in [0.1, 0.15) is 0 Å². The standard InChI is InChI=1S/C11H20/c1-2-9-4-3-5-11(8-9)10-6-7-10/h9-11H,2-8H2,1H3/t9-,11?/m0/s1. The zero-order valence-corrected chi connectivity index (χ0v) is 7.68. The summed E-state index contributed by atoms with van der Waals surface area (Å²) in [7, 11) is 0. The van der Waals surface area contributed by atoms with Crippen LogP contribution in [-0.2, 0) is 0 Å². The van der Waals surface area contributed by atoms with Crippen LogP contribution in [0.2, 0.25) is 0 Å². The fourth-order valence-corrected chi connectivity index (χ4v) is 2.70. The van der Waals surface area contributed by atoms with E-state index in [2.05, 4.69) is 6.92 Å². The second-order valence-electron chi connectivity index (χ2n) is 4.54. The molecule has 0 radical (unpaired) electrons. The summed E-state index contributed by atoms with van der Waals surface area (Å²) in [5.41, 5.74) is 0. The first kappa shape index (κ1) is 7.64. The van der Waals surface area contributed by atoms with E-state index in [1.54, 1.807) is 25.7 Å². The van der Waals surface area contributed by atoms with Crippen LogP contribution in [0.1, 0.15) is 51.9 Å². The largest absolute Gasteiger partial charge is 0.0651 e. The van der Waals surface area contributed by atoms with Crippen molar-refractivity contribution in [2.45, 2.75) is 51.9 Å². The second-order valence-corrected chi connectivity index (χ2v) is 4.54. The van der Waals surface area contributed by atoms with E-state index in [4.69, 9.17) is 0 Å². The van der Waals surface area contributed by atoms with Crippen LogP contribution in [0.25, 0.3) is 0 Å². The van der Waals surface area contributed by atoms with E-state index in [1.807, 2.05) is 0 Å². The Labute approximate surface area is 70.4 Å². The van der Waals surface area contributed by atoms with Gasteiger partial charge < -0.3 is 0 Å². The third-order valence-electron chi connectivity index (χ3n) is 3.69. The monoisotopic (exact) mass is 152 g/mol. The summed E-state index contributed by atoms with van der Waals surface area (Å²) in [5, 5.41) is 0. The normalized spacial score (nSPS) is 39.0. The lowest BCUT2D eigenvalue weighted by molar-refractivity contribution is 0.238. The minimum atomic E-state index is 1.09. The van der Waals surface area contributed by atoms with Crippen LogP contribution in [-0.4, -0.2) is 0 Å². The maximum atomic E-state index is 2.36. The molecule has 0 aromatic carbocycles. The van der Waals surface area contributed by atoms with E-state index in [9.17, 15) is 0 Å². The first-order chi connectivity index (χ1) is 5.40. The van der Waals surface area contributed by atoms with Gasteiger partial charge in [-0.2, -0.15) is 0 Å². The second kappa shape index (κ2) is 3.16. The minimum absolute atomic E-state index is 1.09. The van der Waals surface area contributed by atoms with Gasteiger partial charge in [0.25, 0.3) is 0 Å². The Balaban J connectivity index is 1.82. The van der Waals surface area contributed by atoms with Gasteiger partial charge in [0.05, 0.1) is 0 Å². The molecule has 0 bridgehead atoms. The molecule has 2 saturated carbocycles. The molecule has 2 rings (SSSR count). The maximum Gasteiger partial charge on any atom is -0.0383 e. The first-order valence-corrected chi connectivity index (χ1v) is 5.40. The van der Waals surface area contributed by atoms with Gasteiger partial charge in [-0.25, -0.2) is 0 Å². The molecule has 0 nitrogen and oxygen atoms in total. The Morgan fingerprint density at radius 1 is 1.00 bits per heavy atom. The average Bonchev–Trinajstić information content (AvgIpc) is 2.87.